The van der Waals surface area contributed by atoms with Crippen molar-refractivity contribution in [1.29, 1.82) is 0 Å². The summed E-state index contributed by atoms with van der Waals surface area (Å²) in [6.07, 6.45) is 0.850. The van der Waals surface area contributed by atoms with Crippen molar-refractivity contribution >= 4 is 11.4 Å². The monoisotopic (exact) mass is 196 g/mol. The second-order valence-corrected chi connectivity index (χ2v) is 2.87. The SMILES string of the molecule is CCCOc1cc(N)cc([N+](=O)[O-])c1. The van der Waals surface area contributed by atoms with E-state index in [1.807, 2.05) is 6.92 Å². The van der Waals surface area contributed by atoms with Crippen LogP contribution in [0.15, 0.2) is 18.2 Å². The molecule has 2 N–H and O–H groups in total. The van der Waals surface area contributed by atoms with Crippen molar-refractivity contribution < 1.29 is 9.66 Å². The summed E-state index contributed by atoms with van der Waals surface area (Å²) in [4.78, 5) is 9.98. The lowest BCUT2D eigenvalue weighted by Crippen LogP contribution is -1.98. The van der Waals surface area contributed by atoms with Crippen LogP contribution in [0.3, 0.4) is 0 Å². The molecule has 5 nitrogen and oxygen atoms in total. The van der Waals surface area contributed by atoms with E-state index >= 15 is 0 Å². The number of hydrogen-bond acceptors (Lipinski definition) is 4. The van der Waals surface area contributed by atoms with Crippen LogP contribution in [0.1, 0.15) is 13.3 Å². The highest BCUT2D eigenvalue weighted by Crippen LogP contribution is 2.24. The molecule has 76 valence electrons. The zero-order valence-corrected chi connectivity index (χ0v) is 7.90. The van der Waals surface area contributed by atoms with Gasteiger partial charge in [-0.1, -0.05) is 6.92 Å². The largest absolute Gasteiger partial charge is 0.493 e. The highest BCUT2D eigenvalue weighted by atomic mass is 16.6. The van der Waals surface area contributed by atoms with Gasteiger partial charge in [-0.15, -0.1) is 0 Å². The normalized spacial score (nSPS) is 9.79. The van der Waals surface area contributed by atoms with Crippen LogP contribution >= 0.6 is 0 Å². The maximum absolute atomic E-state index is 10.5. The first-order chi connectivity index (χ1) is 6.63. The van der Waals surface area contributed by atoms with Gasteiger partial charge in [-0.05, 0) is 6.42 Å². The number of anilines is 1. The third kappa shape index (κ3) is 2.62. The summed E-state index contributed by atoms with van der Waals surface area (Å²) >= 11 is 0. The predicted octanol–water partition coefficient (Wildman–Crippen LogP) is 1.97. The van der Waals surface area contributed by atoms with Gasteiger partial charge in [-0.25, -0.2) is 0 Å². The molecule has 0 atom stereocenters. The number of non-ortho nitro benzene ring substituents is 1. The summed E-state index contributed by atoms with van der Waals surface area (Å²) in [6, 6.07) is 4.24. The van der Waals surface area contributed by atoms with Gasteiger partial charge in [0, 0.05) is 17.8 Å². The number of benzene rings is 1. The molecule has 0 aliphatic rings. The average Bonchev–Trinajstić information content (AvgIpc) is 2.14. The Morgan fingerprint density at radius 2 is 2.21 bits per heavy atom. The van der Waals surface area contributed by atoms with Crippen molar-refractivity contribution in [2.24, 2.45) is 0 Å². The van der Waals surface area contributed by atoms with Gasteiger partial charge in [0.25, 0.3) is 5.69 Å². The lowest BCUT2D eigenvalue weighted by molar-refractivity contribution is -0.384. The van der Waals surface area contributed by atoms with Gasteiger partial charge in [-0.2, -0.15) is 0 Å². The Hall–Kier alpha value is -1.78. The van der Waals surface area contributed by atoms with Crippen LogP contribution in [0, 0.1) is 10.1 Å². The van der Waals surface area contributed by atoms with E-state index in [2.05, 4.69) is 0 Å². The highest BCUT2D eigenvalue weighted by Gasteiger charge is 2.08. The molecular weight excluding hydrogens is 184 g/mol. The molecule has 0 saturated carbocycles. The summed E-state index contributed by atoms with van der Waals surface area (Å²) in [7, 11) is 0. The van der Waals surface area contributed by atoms with E-state index < -0.39 is 4.92 Å². The molecule has 0 bridgehead atoms. The predicted molar refractivity (Wildman–Crippen MR) is 53.3 cm³/mol. The maximum atomic E-state index is 10.5. The summed E-state index contributed by atoms with van der Waals surface area (Å²) in [5, 5.41) is 10.5. The minimum absolute atomic E-state index is 0.0453. The van der Waals surface area contributed by atoms with E-state index in [-0.39, 0.29) is 5.69 Å². The van der Waals surface area contributed by atoms with Crippen LogP contribution in [-0.2, 0) is 0 Å². The van der Waals surface area contributed by atoms with Crippen molar-refractivity contribution in [3.8, 4) is 5.75 Å². The molecule has 0 aliphatic carbocycles. The van der Waals surface area contributed by atoms with Crippen LogP contribution in [0.5, 0.6) is 5.75 Å². The van der Waals surface area contributed by atoms with Crippen molar-refractivity contribution in [2.75, 3.05) is 12.3 Å². The minimum Gasteiger partial charge on any atom is -0.493 e. The Labute approximate surface area is 81.6 Å². The van der Waals surface area contributed by atoms with Crippen molar-refractivity contribution in [3.63, 3.8) is 0 Å². The standard InChI is InChI=1S/C9H12N2O3/c1-2-3-14-9-5-7(10)4-8(6-9)11(12)13/h4-6H,2-3,10H2,1H3. The molecule has 0 spiro atoms. The third-order valence-corrected chi connectivity index (χ3v) is 1.60. The quantitative estimate of drug-likeness (QED) is 0.453. The summed E-state index contributed by atoms with van der Waals surface area (Å²) in [5.41, 5.74) is 5.78. The van der Waals surface area contributed by atoms with Crippen LogP contribution in [0.25, 0.3) is 0 Å². The van der Waals surface area contributed by atoms with Gasteiger partial charge in [0.2, 0.25) is 0 Å². The molecule has 1 aromatic rings. The van der Waals surface area contributed by atoms with Gasteiger partial charge in [-0.3, -0.25) is 10.1 Å². The topological polar surface area (TPSA) is 78.4 Å². The third-order valence-electron chi connectivity index (χ3n) is 1.60. The second-order valence-electron chi connectivity index (χ2n) is 2.87. The second kappa shape index (κ2) is 4.45. The Morgan fingerprint density at radius 3 is 2.79 bits per heavy atom. The van der Waals surface area contributed by atoms with Gasteiger partial charge < -0.3 is 10.5 Å². The van der Waals surface area contributed by atoms with Gasteiger partial charge >= 0.3 is 0 Å². The van der Waals surface area contributed by atoms with Gasteiger partial charge in [0.1, 0.15) is 5.75 Å². The number of nitro groups is 1. The van der Waals surface area contributed by atoms with E-state index in [4.69, 9.17) is 10.5 Å². The molecule has 1 rings (SSSR count). The molecule has 0 heterocycles. The number of nitrogen functional groups attached to an aromatic ring is 1. The summed E-state index contributed by atoms with van der Waals surface area (Å²) in [6.45, 7) is 2.49. The maximum Gasteiger partial charge on any atom is 0.275 e. The van der Waals surface area contributed by atoms with Gasteiger partial charge in [0.05, 0.1) is 17.6 Å². The lowest BCUT2D eigenvalue weighted by Gasteiger charge is -2.04. The zero-order valence-electron chi connectivity index (χ0n) is 7.90. The fraction of sp³-hybridized carbons (Fsp3) is 0.333. The Bertz CT molecular complexity index is 339. The van der Waals surface area contributed by atoms with E-state index in [0.29, 0.717) is 18.0 Å². The zero-order chi connectivity index (χ0) is 10.6. The Kier molecular flexibility index (Phi) is 3.28. The first-order valence-corrected chi connectivity index (χ1v) is 4.31. The molecule has 14 heavy (non-hydrogen) atoms. The van der Waals surface area contributed by atoms with Crippen molar-refractivity contribution in [1.82, 2.24) is 0 Å². The van der Waals surface area contributed by atoms with Crippen LogP contribution in [-0.4, -0.2) is 11.5 Å². The minimum atomic E-state index is -0.491. The average molecular weight is 196 g/mol. The lowest BCUT2D eigenvalue weighted by atomic mass is 10.2. The molecule has 0 aliphatic heterocycles. The Balaban J connectivity index is 2.89. The van der Waals surface area contributed by atoms with E-state index in [1.165, 1.54) is 12.1 Å². The molecule has 0 fully saturated rings. The number of hydrogen-bond donors (Lipinski definition) is 1. The number of rotatable bonds is 4. The van der Waals surface area contributed by atoms with Crippen molar-refractivity contribution in [2.45, 2.75) is 13.3 Å². The molecule has 0 radical (unpaired) electrons. The fourth-order valence-corrected chi connectivity index (χ4v) is 1.01. The first kappa shape index (κ1) is 10.3. The molecule has 0 unspecified atom stereocenters. The highest BCUT2D eigenvalue weighted by molar-refractivity contribution is 5.53. The van der Waals surface area contributed by atoms with Crippen LogP contribution in [0.2, 0.25) is 0 Å². The molecule has 0 amide bonds. The smallest absolute Gasteiger partial charge is 0.275 e. The van der Waals surface area contributed by atoms with Crippen molar-refractivity contribution in [3.05, 3.63) is 28.3 Å². The number of nitrogens with zero attached hydrogens (tertiary/aromatic N) is 1. The molecule has 5 heteroatoms. The number of ether oxygens (including phenoxy) is 1. The first-order valence-electron chi connectivity index (χ1n) is 4.31. The summed E-state index contributed by atoms with van der Waals surface area (Å²) in [5.74, 6) is 0.443. The summed E-state index contributed by atoms with van der Waals surface area (Å²) < 4.78 is 5.24. The number of nitrogens with two attached hydrogens (primary N) is 1. The molecular formula is C9H12N2O3. The van der Waals surface area contributed by atoms with Crippen LogP contribution < -0.4 is 10.5 Å². The van der Waals surface area contributed by atoms with Crippen LogP contribution in [0.4, 0.5) is 11.4 Å². The molecule has 0 saturated heterocycles. The fourth-order valence-electron chi connectivity index (χ4n) is 1.01. The van der Waals surface area contributed by atoms with Gasteiger partial charge in [0.15, 0.2) is 0 Å². The Morgan fingerprint density at radius 1 is 1.50 bits per heavy atom. The van der Waals surface area contributed by atoms with E-state index in [0.717, 1.165) is 6.42 Å². The van der Waals surface area contributed by atoms with E-state index in [9.17, 15) is 10.1 Å². The molecule has 1 aromatic carbocycles. The molecule has 0 aromatic heterocycles. The number of nitro benzene ring substituents is 1. The van der Waals surface area contributed by atoms with E-state index in [1.54, 1.807) is 6.07 Å².